The van der Waals surface area contributed by atoms with Crippen molar-refractivity contribution in [2.45, 2.75) is 0 Å². The van der Waals surface area contributed by atoms with Crippen LogP contribution in [0, 0.1) is 23.0 Å². The van der Waals surface area contributed by atoms with Crippen molar-refractivity contribution >= 4 is 17.3 Å². The van der Waals surface area contributed by atoms with Crippen molar-refractivity contribution in [1.29, 1.82) is 5.26 Å². The summed E-state index contributed by atoms with van der Waals surface area (Å²) in [5, 5.41) is 8.85. The van der Waals surface area contributed by atoms with Crippen LogP contribution in [0.4, 0.5) is 26.1 Å². The van der Waals surface area contributed by atoms with Crippen molar-refractivity contribution in [1.82, 2.24) is 4.98 Å². The van der Waals surface area contributed by atoms with Gasteiger partial charge in [-0.25, -0.2) is 19.6 Å². The second-order valence-corrected chi connectivity index (χ2v) is 3.99. The molecule has 1 aromatic carbocycles. The summed E-state index contributed by atoms with van der Waals surface area (Å²) >= 11 is 0. The molecule has 1 aromatic heterocycles. The molecule has 7 heteroatoms. The second kappa shape index (κ2) is 5.50. The minimum absolute atomic E-state index is 0.102. The lowest BCUT2D eigenvalue weighted by Crippen LogP contribution is -2.17. The van der Waals surface area contributed by atoms with Gasteiger partial charge in [0.15, 0.2) is 23.3 Å². The zero-order valence-electron chi connectivity index (χ0n) is 10.6. The highest BCUT2D eigenvalue weighted by Crippen LogP contribution is 2.27. The number of hydrogen-bond acceptors (Lipinski definition) is 5. The molecule has 0 aliphatic rings. The van der Waals surface area contributed by atoms with E-state index in [0.29, 0.717) is 17.3 Å². The fourth-order valence-electron chi connectivity index (χ4n) is 1.70. The molecular weight excluding hydrogens is 264 g/mol. The predicted molar refractivity (Wildman–Crippen MR) is 71.2 cm³/mol. The van der Waals surface area contributed by atoms with E-state index < -0.39 is 11.6 Å². The smallest absolute Gasteiger partial charge is 0.178 e. The number of nitrogens with two attached hydrogens (primary N) is 1. The zero-order chi connectivity index (χ0) is 14.7. The Balaban J connectivity index is 2.47. The van der Waals surface area contributed by atoms with E-state index in [1.807, 2.05) is 6.07 Å². The first-order valence-electron chi connectivity index (χ1n) is 5.63. The Hall–Kier alpha value is -2.72. The lowest BCUT2D eigenvalue weighted by molar-refractivity contribution is 0.576. The van der Waals surface area contributed by atoms with E-state index in [-0.39, 0.29) is 11.6 Å². The van der Waals surface area contributed by atoms with Gasteiger partial charge in [0.2, 0.25) is 0 Å². The van der Waals surface area contributed by atoms with E-state index in [1.54, 1.807) is 31.3 Å². The molecule has 0 bridgehead atoms. The molecule has 0 atom stereocenters. The Bertz CT molecular complexity index is 681. The summed E-state index contributed by atoms with van der Waals surface area (Å²) < 4.78 is 27.1. The minimum atomic E-state index is -0.882. The van der Waals surface area contributed by atoms with E-state index in [4.69, 9.17) is 11.1 Å². The summed E-state index contributed by atoms with van der Waals surface area (Å²) in [7, 11) is 1.56. The van der Waals surface area contributed by atoms with E-state index in [0.717, 1.165) is 0 Å². The van der Waals surface area contributed by atoms with Crippen molar-refractivity contribution in [2.75, 3.05) is 17.4 Å². The van der Waals surface area contributed by atoms with Gasteiger partial charge in [0.1, 0.15) is 0 Å². The summed E-state index contributed by atoms with van der Waals surface area (Å²) in [4.78, 5) is 5.18. The van der Waals surface area contributed by atoms with E-state index in [9.17, 15) is 8.78 Å². The van der Waals surface area contributed by atoms with Gasteiger partial charge >= 0.3 is 0 Å². The Labute approximate surface area is 114 Å². The number of nitrogens with one attached hydrogen (secondary N) is 1. The number of hydrogen-bond donors (Lipinski definition) is 2. The molecule has 2 rings (SSSR count). The van der Waals surface area contributed by atoms with Gasteiger partial charge in [-0.05, 0) is 18.2 Å². The third-order valence-electron chi connectivity index (χ3n) is 2.73. The lowest BCUT2D eigenvalue weighted by atomic mass is 10.2. The fraction of sp³-hybridized carbons (Fsp3) is 0.0769. The van der Waals surface area contributed by atoms with Crippen LogP contribution in [0.15, 0.2) is 30.3 Å². The maximum Gasteiger partial charge on any atom is 0.178 e. The molecule has 2 aromatic rings. The molecule has 0 radical (unpaired) electrons. The largest absolute Gasteiger partial charge is 0.327 e. The summed E-state index contributed by atoms with van der Waals surface area (Å²) in [6.45, 7) is 0. The number of nitrogen functional groups attached to an aromatic ring is 1. The highest BCUT2D eigenvalue weighted by atomic mass is 19.1. The zero-order valence-corrected chi connectivity index (χ0v) is 10.6. The number of halogens is 2. The Morgan fingerprint density at radius 3 is 2.70 bits per heavy atom. The number of pyridine rings is 1. The standard InChI is InChI=1S/C13H11F2N5/c1-20(9-4-2-3-8(5-9)7-16)13-11(15)6-10(14)12(18-13)19-17/h2-6H,17H2,1H3,(H,18,19). The molecular formula is C13H11F2N5. The fourth-order valence-corrected chi connectivity index (χ4v) is 1.70. The maximum absolute atomic E-state index is 13.8. The molecule has 0 aliphatic heterocycles. The second-order valence-electron chi connectivity index (χ2n) is 3.99. The Morgan fingerprint density at radius 1 is 1.30 bits per heavy atom. The van der Waals surface area contributed by atoms with Crippen LogP contribution in [0.3, 0.4) is 0 Å². The number of hydrazine groups is 1. The van der Waals surface area contributed by atoms with Crippen molar-refractivity contribution in [3.63, 3.8) is 0 Å². The van der Waals surface area contributed by atoms with Crippen molar-refractivity contribution < 1.29 is 8.78 Å². The minimum Gasteiger partial charge on any atom is -0.327 e. The highest BCUT2D eigenvalue weighted by Gasteiger charge is 2.16. The first-order valence-corrected chi connectivity index (χ1v) is 5.63. The highest BCUT2D eigenvalue weighted by molar-refractivity contribution is 5.63. The molecule has 3 N–H and O–H groups in total. The van der Waals surface area contributed by atoms with Gasteiger partial charge in [0.25, 0.3) is 0 Å². The van der Waals surface area contributed by atoms with Crippen molar-refractivity contribution in [3.8, 4) is 6.07 Å². The average Bonchev–Trinajstić information content (AvgIpc) is 2.47. The van der Waals surface area contributed by atoms with Gasteiger partial charge in [-0.2, -0.15) is 5.26 Å². The van der Waals surface area contributed by atoms with Crippen LogP contribution in [0.25, 0.3) is 0 Å². The number of rotatable bonds is 3. The van der Waals surface area contributed by atoms with Crippen LogP contribution < -0.4 is 16.2 Å². The molecule has 0 spiro atoms. The monoisotopic (exact) mass is 275 g/mol. The normalized spacial score (nSPS) is 9.95. The van der Waals surface area contributed by atoms with Crippen LogP contribution in [0.5, 0.6) is 0 Å². The van der Waals surface area contributed by atoms with Crippen molar-refractivity contribution in [3.05, 3.63) is 47.5 Å². The summed E-state index contributed by atoms with van der Waals surface area (Å²) in [6.07, 6.45) is 0. The predicted octanol–water partition coefficient (Wildman–Crippen LogP) is 2.28. The first-order chi connectivity index (χ1) is 9.56. The molecule has 0 fully saturated rings. The quantitative estimate of drug-likeness (QED) is 0.663. The molecule has 5 nitrogen and oxygen atoms in total. The van der Waals surface area contributed by atoms with E-state index in [1.165, 1.54) is 4.90 Å². The summed E-state index contributed by atoms with van der Waals surface area (Å²) in [5.41, 5.74) is 3.03. The Kier molecular flexibility index (Phi) is 3.77. The van der Waals surface area contributed by atoms with Crippen LogP contribution in [0.1, 0.15) is 5.56 Å². The molecule has 0 saturated carbocycles. The number of anilines is 3. The number of nitriles is 1. The summed E-state index contributed by atoms with van der Waals surface area (Å²) in [6, 6.07) is 9.22. The molecule has 0 saturated heterocycles. The van der Waals surface area contributed by atoms with Crippen LogP contribution >= 0.6 is 0 Å². The third kappa shape index (κ3) is 2.50. The number of aromatic nitrogens is 1. The molecule has 0 amide bonds. The average molecular weight is 275 g/mol. The van der Waals surface area contributed by atoms with E-state index >= 15 is 0 Å². The molecule has 102 valence electrons. The molecule has 20 heavy (non-hydrogen) atoms. The SMILES string of the molecule is CN(c1cccc(C#N)c1)c1nc(NN)c(F)cc1F. The molecule has 1 heterocycles. The maximum atomic E-state index is 13.8. The number of nitrogens with zero attached hydrogens (tertiary/aromatic N) is 3. The van der Waals surface area contributed by atoms with Gasteiger partial charge in [0.05, 0.1) is 11.6 Å². The molecule has 0 unspecified atom stereocenters. The van der Waals surface area contributed by atoms with Gasteiger partial charge in [-0.3, -0.25) is 0 Å². The first kappa shape index (κ1) is 13.7. The topological polar surface area (TPSA) is 78.0 Å². The third-order valence-corrected chi connectivity index (χ3v) is 2.73. The van der Waals surface area contributed by atoms with Gasteiger partial charge in [0, 0.05) is 18.8 Å². The van der Waals surface area contributed by atoms with Crippen LogP contribution in [0.2, 0.25) is 0 Å². The Morgan fingerprint density at radius 2 is 2.05 bits per heavy atom. The van der Waals surface area contributed by atoms with E-state index in [2.05, 4.69) is 10.4 Å². The molecule has 0 aliphatic carbocycles. The van der Waals surface area contributed by atoms with Gasteiger partial charge < -0.3 is 10.3 Å². The van der Waals surface area contributed by atoms with Crippen LogP contribution in [-0.2, 0) is 0 Å². The summed E-state index contributed by atoms with van der Waals surface area (Å²) in [5.74, 6) is 3.05. The van der Waals surface area contributed by atoms with Gasteiger partial charge in [-0.1, -0.05) is 6.07 Å². The van der Waals surface area contributed by atoms with Crippen molar-refractivity contribution in [2.24, 2.45) is 5.84 Å². The van der Waals surface area contributed by atoms with Gasteiger partial charge in [-0.15, -0.1) is 0 Å². The lowest BCUT2D eigenvalue weighted by Gasteiger charge is -2.20. The number of benzene rings is 1. The van der Waals surface area contributed by atoms with Crippen LogP contribution in [-0.4, -0.2) is 12.0 Å².